The molecule has 0 N–H and O–H groups in total. The van der Waals surface area contributed by atoms with Crippen molar-refractivity contribution in [3.05, 3.63) is 28.3 Å². The number of rotatable bonds is 1. The van der Waals surface area contributed by atoms with Gasteiger partial charge in [0.25, 0.3) is 0 Å². The number of hydrogen-bond acceptors (Lipinski definition) is 1. The Morgan fingerprint density at radius 3 is 2.33 bits per heavy atom. The van der Waals surface area contributed by atoms with Crippen molar-refractivity contribution in [2.45, 2.75) is 46.5 Å². The second-order valence-electron chi connectivity index (χ2n) is 6.24. The lowest BCUT2D eigenvalue weighted by atomic mass is 9.84. The number of allylic oxidation sites excluding steroid dienone is 2. The van der Waals surface area contributed by atoms with Gasteiger partial charge in [0, 0.05) is 10.9 Å². The van der Waals surface area contributed by atoms with Gasteiger partial charge in [0.2, 0.25) is 0 Å². The van der Waals surface area contributed by atoms with E-state index in [1.165, 1.54) is 33.1 Å². The molecule has 0 heterocycles. The van der Waals surface area contributed by atoms with Gasteiger partial charge in [-0.2, -0.15) is 0 Å². The van der Waals surface area contributed by atoms with E-state index < -0.39 is 0 Å². The Balaban J connectivity index is 2.74. The Morgan fingerprint density at radius 1 is 1.22 bits per heavy atom. The highest BCUT2D eigenvalue weighted by molar-refractivity contribution is 7.28. The Bertz CT molecular complexity index is 533. The van der Waals surface area contributed by atoms with E-state index >= 15 is 0 Å². The first kappa shape index (κ1) is 13.6. The molecule has 0 amide bonds. The van der Waals surface area contributed by atoms with Crippen LogP contribution in [0.4, 0.5) is 0 Å². The SMILES string of the molecule is COc1c(C(C)(C)C)cc2c(c1P)C(C)=C(C)C2. The van der Waals surface area contributed by atoms with Crippen LogP contribution in [0.25, 0.3) is 5.57 Å². The molecule has 1 atom stereocenters. The first-order valence-corrected chi connectivity index (χ1v) is 7.01. The highest BCUT2D eigenvalue weighted by Gasteiger charge is 2.27. The standard InChI is InChI=1S/C16H23OP/c1-9-7-11-8-12(16(3,4)5)14(17-6)15(18)13(11)10(9)2/h8H,7,18H2,1-6H3. The van der Waals surface area contributed by atoms with E-state index in [0.29, 0.717) is 0 Å². The van der Waals surface area contributed by atoms with E-state index in [0.717, 1.165) is 12.2 Å². The molecule has 18 heavy (non-hydrogen) atoms. The Morgan fingerprint density at radius 2 is 1.83 bits per heavy atom. The molecule has 1 aliphatic carbocycles. The van der Waals surface area contributed by atoms with Gasteiger partial charge in [-0.15, -0.1) is 9.24 Å². The molecule has 1 aliphatic rings. The number of hydrogen-bond donors (Lipinski definition) is 0. The zero-order valence-electron chi connectivity index (χ0n) is 12.3. The van der Waals surface area contributed by atoms with Crippen LogP contribution in [-0.2, 0) is 11.8 Å². The van der Waals surface area contributed by atoms with Crippen LogP contribution in [-0.4, -0.2) is 7.11 Å². The second kappa shape index (κ2) is 4.38. The second-order valence-corrected chi connectivity index (χ2v) is 6.81. The predicted octanol–water partition coefficient (Wildman–Crippen LogP) is 3.84. The third-order valence-electron chi connectivity index (χ3n) is 3.88. The monoisotopic (exact) mass is 262 g/mol. The van der Waals surface area contributed by atoms with Crippen molar-refractivity contribution in [2.75, 3.05) is 7.11 Å². The van der Waals surface area contributed by atoms with Crippen LogP contribution in [0, 0.1) is 0 Å². The molecule has 0 spiro atoms. The zero-order chi connectivity index (χ0) is 13.7. The van der Waals surface area contributed by atoms with Gasteiger partial charge < -0.3 is 4.74 Å². The smallest absolute Gasteiger partial charge is 0.130 e. The average Bonchev–Trinajstić information content (AvgIpc) is 2.53. The summed E-state index contributed by atoms with van der Waals surface area (Å²) in [4.78, 5) is 0. The maximum Gasteiger partial charge on any atom is 0.130 e. The van der Waals surface area contributed by atoms with E-state index in [9.17, 15) is 0 Å². The van der Waals surface area contributed by atoms with Crippen LogP contribution < -0.4 is 10.0 Å². The summed E-state index contributed by atoms with van der Waals surface area (Å²) < 4.78 is 5.67. The normalized spacial score (nSPS) is 15.1. The fourth-order valence-electron chi connectivity index (χ4n) is 2.73. The van der Waals surface area contributed by atoms with E-state index in [2.05, 4.69) is 49.9 Å². The van der Waals surface area contributed by atoms with Crippen molar-refractivity contribution in [3.8, 4) is 5.75 Å². The summed E-state index contributed by atoms with van der Waals surface area (Å²) in [5.41, 5.74) is 7.12. The molecular weight excluding hydrogens is 239 g/mol. The summed E-state index contributed by atoms with van der Waals surface area (Å²) >= 11 is 0. The van der Waals surface area contributed by atoms with Gasteiger partial charge in [0.15, 0.2) is 0 Å². The minimum absolute atomic E-state index is 0.107. The maximum absolute atomic E-state index is 5.67. The molecule has 2 heteroatoms. The van der Waals surface area contributed by atoms with Crippen molar-refractivity contribution < 1.29 is 4.74 Å². The number of benzene rings is 1. The van der Waals surface area contributed by atoms with Gasteiger partial charge in [-0.05, 0) is 42.4 Å². The van der Waals surface area contributed by atoms with E-state index in [4.69, 9.17) is 4.74 Å². The van der Waals surface area contributed by atoms with E-state index in [1.807, 2.05) is 0 Å². The Kier molecular flexibility index (Phi) is 3.32. The summed E-state index contributed by atoms with van der Waals surface area (Å²) in [6, 6.07) is 2.34. The third kappa shape index (κ3) is 1.99. The summed E-state index contributed by atoms with van der Waals surface area (Å²) in [5.74, 6) is 1.03. The molecular formula is C16H23OP. The molecule has 0 fully saturated rings. The van der Waals surface area contributed by atoms with Crippen molar-refractivity contribution in [3.63, 3.8) is 0 Å². The molecule has 0 saturated carbocycles. The molecule has 1 aromatic carbocycles. The molecule has 1 aromatic rings. The molecule has 2 rings (SSSR count). The van der Waals surface area contributed by atoms with Crippen molar-refractivity contribution >= 4 is 20.1 Å². The van der Waals surface area contributed by atoms with Crippen molar-refractivity contribution in [2.24, 2.45) is 0 Å². The van der Waals surface area contributed by atoms with Gasteiger partial charge >= 0.3 is 0 Å². The zero-order valence-corrected chi connectivity index (χ0v) is 13.4. The molecule has 1 unspecified atom stereocenters. The first-order chi connectivity index (χ1) is 8.27. The highest BCUT2D eigenvalue weighted by atomic mass is 31.0. The van der Waals surface area contributed by atoms with Crippen LogP contribution in [0.3, 0.4) is 0 Å². The van der Waals surface area contributed by atoms with Gasteiger partial charge in [-0.25, -0.2) is 0 Å². The van der Waals surface area contributed by atoms with Gasteiger partial charge in [0.05, 0.1) is 7.11 Å². The lowest BCUT2D eigenvalue weighted by Gasteiger charge is -2.25. The van der Waals surface area contributed by atoms with Crippen LogP contribution in [0.1, 0.15) is 51.3 Å². The number of ether oxygens (including phenoxy) is 1. The van der Waals surface area contributed by atoms with Gasteiger partial charge in [-0.1, -0.05) is 32.4 Å². The van der Waals surface area contributed by atoms with Crippen LogP contribution in [0.15, 0.2) is 11.6 Å². The van der Waals surface area contributed by atoms with E-state index in [-0.39, 0.29) is 5.41 Å². The first-order valence-electron chi connectivity index (χ1n) is 6.44. The van der Waals surface area contributed by atoms with Crippen molar-refractivity contribution in [1.82, 2.24) is 0 Å². The Labute approximate surface area is 113 Å². The Hall–Kier alpha value is -0.810. The third-order valence-corrected chi connectivity index (χ3v) is 4.43. The summed E-state index contributed by atoms with van der Waals surface area (Å²) in [5, 5.41) is 1.22. The largest absolute Gasteiger partial charge is 0.496 e. The summed E-state index contributed by atoms with van der Waals surface area (Å²) in [6.07, 6.45) is 1.08. The van der Waals surface area contributed by atoms with Crippen LogP contribution >= 0.6 is 9.24 Å². The number of methoxy groups -OCH3 is 1. The predicted molar refractivity (Wildman–Crippen MR) is 83.0 cm³/mol. The van der Waals surface area contributed by atoms with Crippen molar-refractivity contribution in [1.29, 1.82) is 0 Å². The topological polar surface area (TPSA) is 9.23 Å². The lowest BCUT2D eigenvalue weighted by Crippen LogP contribution is -2.18. The lowest BCUT2D eigenvalue weighted by molar-refractivity contribution is 0.401. The summed E-state index contributed by atoms with van der Waals surface area (Å²) in [7, 11) is 4.65. The summed E-state index contributed by atoms with van der Waals surface area (Å²) in [6.45, 7) is 11.2. The van der Waals surface area contributed by atoms with Crippen LogP contribution in [0.2, 0.25) is 0 Å². The van der Waals surface area contributed by atoms with Gasteiger partial charge in [-0.3, -0.25) is 0 Å². The molecule has 98 valence electrons. The molecule has 0 bridgehead atoms. The molecule has 1 nitrogen and oxygen atoms in total. The molecule has 0 radical (unpaired) electrons. The molecule has 0 aromatic heterocycles. The fraction of sp³-hybridized carbons (Fsp3) is 0.500. The fourth-order valence-corrected chi connectivity index (χ4v) is 3.41. The quantitative estimate of drug-likeness (QED) is 0.699. The van der Waals surface area contributed by atoms with Crippen LogP contribution in [0.5, 0.6) is 5.75 Å². The molecule has 0 aliphatic heterocycles. The number of fused-ring (bicyclic) bond motifs is 1. The minimum atomic E-state index is 0.107. The molecule has 0 saturated heterocycles. The average molecular weight is 262 g/mol. The van der Waals surface area contributed by atoms with E-state index in [1.54, 1.807) is 7.11 Å². The minimum Gasteiger partial charge on any atom is -0.496 e. The highest BCUT2D eigenvalue weighted by Crippen LogP contribution is 2.40. The maximum atomic E-state index is 5.67. The van der Waals surface area contributed by atoms with Gasteiger partial charge in [0.1, 0.15) is 5.75 Å².